The highest BCUT2D eigenvalue weighted by molar-refractivity contribution is 7.89. The van der Waals surface area contributed by atoms with Crippen molar-refractivity contribution in [3.8, 4) is 0 Å². The molecular weight excluding hydrogens is 306 g/mol. The number of sulfonamides is 1. The highest BCUT2D eigenvalue weighted by Gasteiger charge is 2.25. The third kappa shape index (κ3) is 4.05. The van der Waals surface area contributed by atoms with E-state index in [1.165, 1.54) is 10.4 Å². The second-order valence-corrected chi connectivity index (χ2v) is 7.22. The molecule has 0 bridgehead atoms. The number of nitrogens with one attached hydrogen (secondary N) is 1. The first-order valence-electron chi connectivity index (χ1n) is 7.06. The summed E-state index contributed by atoms with van der Waals surface area (Å²) in [6, 6.07) is 6.43. The quantitative estimate of drug-likeness (QED) is 0.823. The lowest BCUT2D eigenvalue weighted by Gasteiger charge is -2.25. The molecule has 1 heterocycles. The lowest BCUT2D eigenvalue weighted by atomic mass is 10.1. The van der Waals surface area contributed by atoms with E-state index < -0.39 is 15.9 Å². The van der Waals surface area contributed by atoms with Crippen molar-refractivity contribution in [2.24, 2.45) is 5.73 Å². The largest absolute Gasteiger partial charge is 0.366 e. The van der Waals surface area contributed by atoms with Crippen LogP contribution in [0.5, 0.6) is 0 Å². The van der Waals surface area contributed by atoms with Crippen LogP contribution in [0.25, 0.3) is 0 Å². The molecule has 1 aliphatic heterocycles. The second-order valence-electron chi connectivity index (χ2n) is 5.13. The Morgan fingerprint density at radius 3 is 2.64 bits per heavy atom. The summed E-state index contributed by atoms with van der Waals surface area (Å²) < 4.78 is 25.0. The maximum absolute atomic E-state index is 12.0. The summed E-state index contributed by atoms with van der Waals surface area (Å²) in [7, 11) is -3.23. The van der Waals surface area contributed by atoms with Crippen LogP contribution in [0.3, 0.4) is 0 Å². The number of nitrogens with zero attached hydrogens (tertiary/aromatic N) is 1. The van der Waals surface area contributed by atoms with E-state index in [9.17, 15) is 18.0 Å². The Balaban J connectivity index is 1.95. The number of carbonyl (C=O) groups excluding carboxylic acids is 2. The second kappa shape index (κ2) is 6.89. The number of hydrogen-bond acceptors (Lipinski definition) is 4. The van der Waals surface area contributed by atoms with Crippen LogP contribution >= 0.6 is 0 Å². The standard InChI is InChI=1S/C14H19N3O4S/c15-14(19)11-5-1-2-6-12(11)16-13(18)7-9-17-8-3-4-10-22(17,20)21/h1-2,5-6H,3-4,7-10H2,(H2,15,19)(H,16,18). The number of hydrogen-bond donors (Lipinski definition) is 2. The van der Waals surface area contributed by atoms with Gasteiger partial charge in [0.05, 0.1) is 17.0 Å². The smallest absolute Gasteiger partial charge is 0.250 e. The molecule has 0 unspecified atom stereocenters. The summed E-state index contributed by atoms with van der Waals surface area (Å²) in [5, 5.41) is 2.60. The molecule has 0 aliphatic carbocycles. The zero-order valence-electron chi connectivity index (χ0n) is 12.1. The molecule has 0 atom stereocenters. The molecule has 1 aliphatic rings. The van der Waals surface area contributed by atoms with Crippen molar-refractivity contribution in [1.29, 1.82) is 0 Å². The van der Waals surface area contributed by atoms with Crippen LogP contribution in [-0.2, 0) is 14.8 Å². The number of benzene rings is 1. The van der Waals surface area contributed by atoms with E-state index in [0.29, 0.717) is 18.7 Å². The van der Waals surface area contributed by atoms with Crippen molar-refractivity contribution in [1.82, 2.24) is 4.31 Å². The summed E-state index contributed by atoms with van der Waals surface area (Å²) in [4.78, 5) is 23.2. The van der Waals surface area contributed by atoms with Gasteiger partial charge >= 0.3 is 0 Å². The van der Waals surface area contributed by atoms with E-state index in [0.717, 1.165) is 6.42 Å². The fourth-order valence-electron chi connectivity index (χ4n) is 2.34. The van der Waals surface area contributed by atoms with Gasteiger partial charge in [0.1, 0.15) is 0 Å². The highest BCUT2D eigenvalue weighted by atomic mass is 32.2. The topological polar surface area (TPSA) is 110 Å². The monoisotopic (exact) mass is 325 g/mol. The summed E-state index contributed by atoms with van der Waals surface area (Å²) in [6.45, 7) is 0.598. The Hall–Kier alpha value is -1.93. The third-order valence-electron chi connectivity index (χ3n) is 3.51. The maximum atomic E-state index is 12.0. The summed E-state index contributed by atoms with van der Waals surface area (Å²) >= 11 is 0. The maximum Gasteiger partial charge on any atom is 0.250 e. The van der Waals surface area contributed by atoms with Crippen LogP contribution in [0.15, 0.2) is 24.3 Å². The fraction of sp³-hybridized carbons (Fsp3) is 0.429. The first-order chi connectivity index (χ1) is 10.4. The van der Waals surface area contributed by atoms with E-state index in [-0.39, 0.29) is 30.2 Å². The van der Waals surface area contributed by atoms with Crippen molar-refractivity contribution in [2.45, 2.75) is 19.3 Å². The molecule has 120 valence electrons. The van der Waals surface area contributed by atoms with Gasteiger partial charge in [-0.3, -0.25) is 9.59 Å². The molecule has 1 saturated heterocycles. The van der Waals surface area contributed by atoms with Gasteiger partial charge in [-0.2, -0.15) is 0 Å². The molecule has 2 amide bonds. The fourth-order valence-corrected chi connectivity index (χ4v) is 3.94. The number of rotatable bonds is 5. The van der Waals surface area contributed by atoms with E-state index in [4.69, 9.17) is 5.73 Å². The zero-order chi connectivity index (χ0) is 16.2. The van der Waals surface area contributed by atoms with Gasteiger partial charge in [0.2, 0.25) is 15.9 Å². The minimum Gasteiger partial charge on any atom is -0.366 e. The van der Waals surface area contributed by atoms with Crippen LogP contribution in [0, 0.1) is 0 Å². The first-order valence-corrected chi connectivity index (χ1v) is 8.67. The minimum atomic E-state index is -3.23. The SMILES string of the molecule is NC(=O)c1ccccc1NC(=O)CCN1CCCCS1(=O)=O. The number of para-hydroxylation sites is 1. The van der Waals surface area contributed by atoms with Crippen LogP contribution in [0.1, 0.15) is 29.6 Å². The van der Waals surface area contributed by atoms with Crippen LogP contribution in [0.2, 0.25) is 0 Å². The Morgan fingerprint density at radius 1 is 1.23 bits per heavy atom. The van der Waals surface area contributed by atoms with Gasteiger partial charge in [0.25, 0.3) is 5.91 Å². The lowest BCUT2D eigenvalue weighted by Crippen LogP contribution is -2.39. The molecule has 3 N–H and O–H groups in total. The lowest BCUT2D eigenvalue weighted by molar-refractivity contribution is -0.116. The van der Waals surface area contributed by atoms with Crippen LogP contribution in [-0.4, -0.2) is 43.4 Å². The van der Waals surface area contributed by atoms with E-state index >= 15 is 0 Å². The summed E-state index contributed by atoms with van der Waals surface area (Å²) in [5.74, 6) is -0.844. The van der Waals surface area contributed by atoms with Gasteiger partial charge in [0, 0.05) is 19.5 Å². The van der Waals surface area contributed by atoms with Crippen molar-refractivity contribution >= 4 is 27.5 Å². The van der Waals surface area contributed by atoms with E-state index in [2.05, 4.69) is 5.32 Å². The van der Waals surface area contributed by atoms with Crippen molar-refractivity contribution in [3.63, 3.8) is 0 Å². The Bertz CT molecular complexity index is 672. The minimum absolute atomic E-state index is 0.0341. The molecule has 7 nitrogen and oxygen atoms in total. The third-order valence-corrected chi connectivity index (χ3v) is 5.46. The van der Waals surface area contributed by atoms with Crippen molar-refractivity contribution in [2.75, 3.05) is 24.2 Å². The Morgan fingerprint density at radius 2 is 1.95 bits per heavy atom. The first kappa shape index (κ1) is 16.4. The number of anilines is 1. The molecule has 0 aromatic heterocycles. The van der Waals surface area contributed by atoms with Gasteiger partial charge in [-0.1, -0.05) is 12.1 Å². The van der Waals surface area contributed by atoms with Crippen molar-refractivity contribution < 1.29 is 18.0 Å². The van der Waals surface area contributed by atoms with E-state index in [1.54, 1.807) is 18.2 Å². The summed E-state index contributed by atoms with van der Waals surface area (Å²) in [6.07, 6.45) is 1.51. The molecule has 0 spiro atoms. The van der Waals surface area contributed by atoms with Crippen molar-refractivity contribution in [3.05, 3.63) is 29.8 Å². The predicted octanol–water partition coefficient (Wildman–Crippen LogP) is 0.540. The van der Waals surface area contributed by atoms with Gasteiger partial charge in [-0.15, -0.1) is 0 Å². The highest BCUT2D eigenvalue weighted by Crippen LogP contribution is 2.16. The molecule has 0 saturated carbocycles. The predicted molar refractivity (Wildman–Crippen MR) is 82.8 cm³/mol. The Kier molecular flexibility index (Phi) is 5.15. The molecule has 1 aromatic carbocycles. The number of carbonyl (C=O) groups is 2. The van der Waals surface area contributed by atoms with Gasteiger partial charge in [0.15, 0.2) is 0 Å². The summed E-state index contributed by atoms with van der Waals surface area (Å²) in [5.41, 5.74) is 5.80. The molecule has 22 heavy (non-hydrogen) atoms. The Labute approximate surface area is 129 Å². The number of nitrogens with two attached hydrogens (primary N) is 1. The van der Waals surface area contributed by atoms with E-state index in [1.807, 2.05) is 0 Å². The van der Waals surface area contributed by atoms with Crippen LogP contribution in [0.4, 0.5) is 5.69 Å². The molecule has 2 rings (SSSR count). The molecule has 1 aromatic rings. The van der Waals surface area contributed by atoms with Gasteiger partial charge < -0.3 is 11.1 Å². The molecular formula is C14H19N3O4S. The molecule has 1 fully saturated rings. The zero-order valence-corrected chi connectivity index (χ0v) is 12.9. The van der Waals surface area contributed by atoms with Gasteiger partial charge in [-0.25, -0.2) is 12.7 Å². The average molecular weight is 325 g/mol. The number of primary amides is 1. The number of amides is 2. The normalized spacial score (nSPS) is 17.8. The molecule has 0 radical (unpaired) electrons. The molecule has 8 heteroatoms. The average Bonchev–Trinajstić information content (AvgIpc) is 2.46. The van der Waals surface area contributed by atoms with Crippen LogP contribution < -0.4 is 11.1 Å². The van der Waals surface area contributed by atoms with Gasteiger partial charge in [-0.05, 0) is 25.0 Å².